The van der Waals surface area contributed by atoms with Crippen molar-refractivity contribution in [3.8, 4) is 28.7 Å². The van der Waals surface area contributed by atoms with Crippen molar-refractivity contribution in [2.45, 2.75) is 61.2 Å². The highest BCUT2D eigenvalue weighted by Crippen LogP contribution is 2.60. The van der Waals surface area contributed by atoms with Gasteiger partial charge in [0.25, 0.3) is 0 Å². The summed E-state index contributed by atoms with van der Waals surface area (Å²) in [6, 6.07) is 9.07. The lowest BCUT2D eigenvalue weighted by molar-refractivity contribution is -0.386. The lowest BCUT2D eigenvalue weighted by atomic mass is 9.65. The van der Waals surface area contributed by atoms with Crippen LogP contribution in [0, 0.1) is 11.8 Å². The molecule has 0 bridgehead atoms. The van der Waals surface area contributed by atoms with E-state index in [1.54, 1.807) is 6.07 Å². The predicted octanol–water partition coefficient (Wildman–Crippen LogP) is 0.0297. The molecule has 0 saturated carbocycles. The van der Waals surface area contributed by atoms with Gasteiger partial charge < -0.3 is 68.2 Å². The summed E-state index contributed by atoms with van der Waals surface area (Å²) in [5.41, 5.74) is 0.616. The highest BCUT2D eigenvalue weighted by Gasteiger charge is 2.65. The van der Waals surface area contributed by atoms with E-state index in [9.17, 15) is 40.5 Å². The van der Waals surface area contributed by atoms with Crippen molar-refractivity contribution in [3.63, 3.8) is 0 Å². The fourth-order valence-electron chi connectivity index (χ4n) is 7.40. The monoisotopic (exact) mass is 720 g/mol. The predicted molar refractivity (Wildman–Crippen MR) is 161 cm³/mol. The van der Waals surface area contributed by atoms with Crippen LogP contribution in [0.5, 0.6) is 28.7 Å². The maximum absolute atomic E-state index is 13.6. The van der Waals surface area contributed by atoms with Gasteiger partial charge in [-0.1, -0.05) is 6.07 Å². The zero-order chi connectivity index (χ0) is 35.3. The van der Waals surface area contributed by atoms with E-state index in [0.29, 0.717) is 0 Å². The molecule has 10 atom stereocenters. The highest BCUT2D eigenvalue weighted by molar-refractivity contribution is 7.10. The molecule has 7 N–H and O–H groups in total. The van der Waals surface area contributed by atoms with Crippen molar-refractivity contribution >= 4 is 17.3 Å². The molecule has 8 rings (SSSR count). The van der Waals surface area contributed by atoms with E-state index < -0.39 is 79.0 Å². The molecule has 18 heteroatoms. The number of fused-ring (bicyclic) bond motifs is 4. The van der Waals surface area contributed by atoms with Crippen molar-refractivity contribution in [2.75, 3.05) is 20.8 Å². The molecule has 5 heterocycles. The molecule has 5 aliphatic rings. The third-order valence-corrected chi connectivity index (χ3v) is 10.5. The standard InChI is InChI=1S/C32H32O17S/c1-41-16-6-11(7-17(42-2)23(16)33)20-12-8-14-15(48-32(39,40)47-14)9-13(12)26(22-21(20)28(36)49-31(22,37)38)45-30-25(35)24(34)27-18(44-30)10-43-29(46-27)19-4-3-5-50-19/h3-9,18,20-22,24-27,29-30,33-35,37-40H,10H2,1-2H3. The van der Waals surface area contributed by atoms with E-state index in [4.69, 9.17) is 42.6 Å². The second-order valence-corrected chi connectivity index (χ2v) is 13.4. The van der Waals surface area contributed by atoms with Crippen molar-refractivity contribution in [2.24, 2.45) is 11.8 Å². The van der Waals surface area contributed by atoms with Crippen LogP contribution < -0.4 is 18.9 Å². The van der Waals surface area contributed by atoms with Gasteiger partial charge in [0, 0.05) is 5.92 Å². The maximum Gasteiger partial charge on any atom is 0.505 e. The number of phenols is 1. The molecular weight excluding hydrogens is 688 g/mol. The van der Waals surface area contributed by atoms with Gasteiger partial charge in [-0.15, -0.1) is 11.3 Å². The Balaban J connectivity index is 1.22. The van der Waals surface area contributed by atoms with Gasteiger partial charge in [0.15, 0.2) is 35.6 Å². The first-order valence-corrected chi connectivity index (χ1v) is 16.3. The van der Waals surface area contributed by atoms with Gasteiger partial charge in [-0.25, -0.2) is 0 Å². The molecule has 268 valence electrons. The number of benzene rings is 2. The Hall–Kier alpha value is -3.79. The number of cyclic esters (lactones) is 1. The van der Waals surface area contributed by atoms with E-state index in [0.717, 1.165) is 4.88 Å². The van der Waals surface area contributed by atoms with Gasteiger partial charge in [-0.05, 0) is 52.4 Å². The molecule has 0 amide bonds. The second kappa shape index (κ2) is 11.9. The molecule has 0 radical (unpaired) electrons. The Bertz CT molecular complexity index is 1770. The summed E-state index contributed by atoms with van der Waals surface area (Å²) >= 11 is 1.39. The molecule has 3 saturated heterocycles. The normalized spacial score (nSPS) is 34.7. The Morgan fingerprint density at radius 2 is 1.58 bits per heavy atom. The number of ether oxygens (including phenoxy) is 9. The molecule has 17 nitrogen and oxygen atoms in total. The number of aliphatic hydroxyl groups excluding tert-OH is 2. The minimum Gasteiger partial charge on any atom is -0.502 e. The molecule has 3 aromatic rings. The van der Waals surface area contributed by atoms with Crippen LogP contribution in [0.3, 0.4) is 0 Å². The van der Waals surface area contributed by atoms with E-state index in [1.807, 2.05) is 11.4 Å². The molecule has 3 fully saturated rings. The van der Waals surface area contributed by atoms with Crippen molar-refractivity contribution in [3.05, 3.63) is 63.3 Å². The van der Waals surface area contributed by atoms with Crippen LogP contribution in [0.4, 0.5) is 0 Å². The lowest BCUT2D eigenvalue weighted by Crippen LogP contribution is -2.62. The topological polar surface area (TPSA) is 242 Å². The Labute approximate surface area is 286 Å². The van der Waals surface area contributed by atoms with E-state index >= 15 is 0 Å². The van der Waals surface area contributed by atoms with Crippen molar-refractivity contribution < 1.29 is 83.2 Å². The van der Waals surface area contributed by atoms with Crippen LogP contribution in [0.25, 0.3) is 0 Å². The Morgan fingerprint density at radius 3 is 2.22 bits per heavy atom. The smallest absolute Gasteiger partial charge is 0.502 e. The first kappa shape index (κ1) is 33.4. The van der Waals surface area contributed by atoms with Crippen LogP contribution in [-0.2, 0) is 28.5 Å². The number of phenolic OH excluding ortho intramolecular Hbond substituents is 1. The van der Waals surface area contributed by atoms with E-state index in [1.165, 1.54) is 49.8 Å². The van der Waals surface area contributed by atoms with Crippen LogP contribution >= 0.6 is 11.3 Å². The maximum atomic E-state index is 13.6. The summed E-state index contributed by atoms with van der Waals surface area (Å²) in [7, 11) is 2.60. The SMILES string of the molecule is COc1cc(C2c3cc4c(cc3C(OC3OC5COC(c6cccs6)OC5C(O)C3O)C3C2C(=O)OC3(O)O)OC(O)(O)O4)cc(OC)c1O. The number of rotatable bonds is 6. The molecule has 50 heavy (non-hydrogen) atoms. The number of aliphatic hydroxyl groups is 6. The van der Waals surface area contributed by atoms with Crippen LogP contribution in [0.15, 0.2) is 41.8 Å². The van der Waals surface area contributed by atoms with Gasteiger partial charge >= 0.3 is 18.1 Å². The van der Waals surface area contributed by atoms with Crippen molar-refractivity contribution in [1.29, 1.82) is 0 Å². The largest absolute Gasteiger partial charge is 0.505 e. The van der Waals surface area contributed by atoms with Gasteiger partial charge in [-0.2, -0.15) is 0 Å². The fourth-order valence-corrected chi connectivity index (χ4v) is 8.10. The molecule has 4 aliphatic heterocycles. The first-order valence-electron chi connectivity index (χ1n) is 15.4. The zero-order valence-electron chi connectivity index (χ0n) is 26.1. The third kappa shape index (κ3) is 5.27. The summed E-state index contributed by atoms with van der Waals surface area (Å²) < 4.78 is 50.2. The number of aromatic hydroxyl groups is 1. The average Bonchev–Trinajstić information content (AvgIpc) is 3.77. The van der Waals surface area contributed by atoms with Gasteiger partial charge in [-0.3, -0.25) is 15.0 Å². The van der Waals surface area contributed by atoms with Crippen LogP contribution in [0.1, 0.15) is 39.9 Å². The Morgan fingerprint density at radius 1 is 0.900 bits per heavy atom. The number of thiophene rings is 1. The molecular formula is C32H32O17S. The number of hydrogen-bond acceptors (Lipinski definition) is 18. The zero-order valence-corrected chi connectivity index (χ0v) is 27.0. The van der Waals surface area contributed by atoms with Gasteiger partial charge in [0.05, 0.1) is 43.6 Å². The van der Waals surface area contributed by atoms with Gasteiger partial charge in [0.1, 0.15) is 24.4 Å². The minimum absolute atomic E-state index is 0.0348. The lowest BCUT2D eigenvalue weighted by Gasteiger charge is -2.48. The number of esters is 1. The summed E-state index contributed by atoms with van der Waals surface area (Å²) in [4.78, 5) is 14.3. The highest BCUT2D eigenvalue weighted by atomic mass is 32.1. The van der Waals surface area contributed by atoms with Crippen LogP contribution in [-0.4, -0.2) is 105 Å². The molecule has 1 aliphatic carbocycles. The summed E-state index contributed by atoms with van der Waals surface area (Å²) in [5.74, 6) is -9.13. The van der Waals surface area contributed by atoms with E-state index in [-0.39, 0.29) is 52.0 Å². The summed E-state index contributed by atoms with van der Waals surface area (Å²) in [5, 5.41) is 77.7. The molecule has 1 aromatic heterocycles. The van der Waals surface area contributed by atoms with E-state index in [2.05, 4.69) is 0 Å². The second-order valence-electron chi connectivity index (χ2n) is 12.4. The fraction of sp³-hybridized carbons (Fsp3) is 0.469. The first-order chi connectivity index (χ1) is 23.8. The summed E-state index contributed by atoms with van der Waals surface area (Å²) in [6.45, 7) is -0.0594. The van der Waals surface area contributed by atoms with Crippen molar-refractivity contribution in [1.82, 2.24) is 0 Å². The number of methoxy groups -OCH3 is 2. The molecule has 10 unspecified atom stereocenters. The van der Waals surface area contributed by atoms with Crippen LogP contribution in [0.2, 0.25) is 0 Å². The number of carbonyl (C=O) groups is 1. The summed E-state index contributed by atoms with van der Waals surface area (Å²) in [6.07, 6.45) is -12.3. The quantitative estimate of drug-likeness (QED) is 0.131. The Kier molecular flexibility index (Phi) is 7.93. The molecule has 0 spiro atoms. The average molecular weight is 721 g/mol. The number of hydrogen-bond donors (Lipinski definition) is 7. The number of carbonyl (C=O) groups excluding carboxylic acids is 1. The minimum atomic E-state index is -3.15. The molecule has 2 aromatic carbocycles. The van der Waals surface area contributed by atoms with Gasteiger partial charge in [0.2, 0.25) is 5.75 Å². The third-order valence-electron chi connectivity index (χ3n) is 9.56.